The molecular formula is C17H26ClNO4. The van der Waals surface area contributed by atoms with Crippen molar-refractivity contribution in [1.82, 2.24) is 5.32 Å². The van der Waals surface area contributed by atoms with E-state index in [-0.39, 0.29) is 35.4 Å². The normalized spacial score (nSPS) is 17.1. The molecule has 0 bridgehead atoms. The molecule has 0 spiro atoms. The summed E-state index contributed by atoms with van der Waals surface area (Å²) in [6, 6.07) is 4.62. The van der Waals surface area contributed by atoms with Crippen LogP contribution in [-0.4, -0.2) is 28.3 Å². The maximum absolute atomic E-state index is 11.9. The van der Waals surface area contributed by atoms with E-state index in [1.807, 2.05) is 27.7 Å². The summed E-state index contributed by atoms with van der Waals surface area (Å²) >= 11 is 0. The smallest absolute Gasteiger partial charge is 0.317 e. The highest BCUT2D eigenvalue weighted by Gasteiger charge is 2.47. The Morgan fingerprint density at radius 1 is 1.39 bits per heavy atom. The number of ether oxygens (including phenoxy) is 1. The van der Waals surface area contributed by atoms with E-state index in [2.05, 4.69) is 5.32 Å². The van der Waals surface area contributed by atoms with Gasteiger partial charge in [-0.1, -0.05) is 6.07 Å². The Labute approximate surface area is 143 Å². The maximum atomic E-state index is 11.9. The highest BCUT2D eigenvalue weighted by atomic mass is 35.5. The van der Waals surface area contributed by atoms with Gasteiger partial charge in [0.05, 0.1) is 11.5 Å². The van der Waals surface area contributed by atoms with Crippen molar-refractivity contribution in [2.75, 3.05) is 6.54 Å². The van der Waals surface area contributed by atoms with Crippen LogP contribution in [0.25, 0.3) is 0 Å². The summed E-state index contributed by atoms with van der Waals surface area (Å²) < 4.78 is 5.23. The molecular weight excluding hydrogens is 318 g/mol. The molecule has 0 saturated heterocycles. The van der Waals surface area contributed by atoms with E-state index < -0.39 is 11.5 Å². The SMILES string of the molecule is CC(C)(C)NCC(O)c1ccc(OC(=O)C2(C)CC2)c(O)c1.Cl. The van der Waals surface area contributed by atoms with Crippen molar-refractivity contribution in [3.8, 4) is 11.5 Å². The van der Waals surface area contributed by atoms with E-state index in [0.717, 1.165) is 12.8 Å². The summed E-state index contributed by atoms with van der Waals surface area (Å²) in [6.07, 6.45) is 0.903. The highest BCUT2D eigenvalue weighted by Crippen LogP contribution is 2.46. The minimum atomic E-state index is -0.740. The quantitative estimate of drug-likeness (QED) is 0.566. The monoisotopic (exact) mass is 343 g/mol. The van der Waals surface area contributed by atoms with Crippen molar-refractivity contribution in [3.05, 3.63) is 23.8 Å². The first-order valence-electron chi connectivity index (χ1n) is 7.59. The van der Waals surface area contributed by atoms with Crippen LogP contribution in [0.4, 0.5) is 0 Å². The van der Waals surface area contributed by atoms with Gasteiger partial charge in [0.15, 0.2) is 11.5 Å². The first kappa shape index (κ1) is 19.7. The molecule has 1 saturated carbocycles. The van der Waals surface area contributed by atoms with Crippen molar-refractivity contribution in [2.24, 2.45) is 5.41 Å². The van der Waals surface area contributed by atoms with Gasteiger partial charge < -0.3 is 20.3 Å². The summed E-state index contributed by atoms with van der Waals surface area (Å²) in [5.74, 6) is -0.312. The molecule has 3 N–H and O–H groups in total. The van der Waals surface area contributed by atoms with Crippen LogP contribution >= 0.6 is 12.4 Å². The number of hydrogen-bond acceptors (Lipinski definition) is 5. The Hall–Kier alpha value is -1.30. The third-order valence-electron chi connectivity index (χ3n) is 3.89. The maximum Gasteiger partial charge on any atom is 0.317 e. The van der Waals surface area contributed by atoms with Gasteiger partial charge in [-0.2, -0.15) is 0 Å². The Bertz CT molecular complexity index is 564. The fraction of sp³-hybridized carbons (Fsp3) is 0.588. The molecule has 0 radical (unpaired) electrons. The number of rotatable bonds is 5. The van der Waals surface area contributed by atoms with E-state index >= 15 is 0 Å². The predicted molar refractivity (Wildman–Crippen MR) is 91.0 cm³/mol. The number of hydrogen-bond donors (Lipinski definition) is 3. The van der Waals surface area contributed by atoms with Crippen molar-refractivity contribution in [3.63, 3.8) is 0 Å². The lowest BCUT2D eigenvalue weighted by Crippen LogP contribution is -2.38. The van der Waals surface area contributed by atoms with Gasteiger partial charge in [-0.3, -0.25) is 4.79 Å². The molecule has 1 aromatic carbocycles. The van der Waals surface area contributed by atoms with Crippen LogP contribution in [0, 0.1) is 5.41 Å². The lowest BCUT2D eigenvalue weighted by Gasteiger charge is -2.23. The standard InChI is InChI=1S/C17H25NO4.ClH/c1-16(2,3)18-10-13(20)11-5-6-14(12(19)9-11)22-15(21)17(4)7-8-17;/h5-6,9,13,18-20H,7-8,10H2,1-4H3;1H. The van der Waals surface area contributed by atoms with Crippen LogP contribution in [0.3, 0.4) is 0 Å². The van der Waals surface area contributed by atoms with Crippen LogP contribution in [0.15, 0.2) is 18.2 Å². The fourth-order valence-electron chi connectivity index (χ4n) is 1.96. The number of halogens is 1. The zero-order chi connectivity index (χ0) is 16.5. The molecule has 1 aliphatic carbocycles. The molecule has 0 amide bonds. The number of esters is 1. The van der Waals surface area contributed by atoms with Crippen LogP contribution < -0.4 is 10.1 Å². The van der Waals surface area contributed by atoms with E-state index in [1.165, 1.54) is 12.1 Å². The number of carbonyl (C=O) groups excluding carboxylic acids is 1. The van der Waals surface area contributed by atoms with Crippen LogP contribution in [0.1, 0.15) is 52.2 Å². The third kappa shape index (κ3) is 5.37. The Balaban J connectivity index is 0.00000264. The van der Waals surface area contributed by atoms with Crippen LogP contribution in [0.5, 0.6) is 11.5 Å². The summed E-state index contributed by atoms with van der Waals surface area (Å²) in [5, 5.41) is 23.3. The van der Waals surface area contributed by atoms with Crippen molar-refractivity contribution < 1.29 is 19.7 Å². The average molecular weight is 344 g/mol. The predicted octanol–water partition coefficient (Wildman–Crippen LogP) is 2.94. The Morgan fingerprint density at radius 3 is 2.48 bits per heavy atom. The van der Waals surface area contributed by atoms with Gasteiger partial charge in [0, 0.05) is 12.1 Å². The molecule has 5 nitrogen and oxygen atoms in total. The second-order valence-corrected chi connectivity index (χ2v) is 7.32. The molecule has 0 aliphatic heterocycles. The van der Waals surface area contributed by atoms with Gasteiger partial charge in [0.25, 0.3) is 0 Å². The van der Waals surface area contributed by atoms with Gasteiger partial charge >= 0.3 is 5.97 Å². The first-order valence-corrected chi connectivity index (χ1v) is 7.59. The highest BCUT2D eigenvalue weighted by molar-refractivity contribution is 5.85. The summed E-state index contributed by atoms with van der Waals surface area (Å²) in [7, 11) is 0. The number of aliphatic hydroxyl groups excluding tert-OH is 1. The molecule has 23 heavy (non-hydrogen) atoms. The first-order chi connectivity index (χ1) is 10.1. The van der Waals surface area contributed by atoms with Gasteiger partial charge in [-0.05, 0) is 58.2 Å². The van der Waals surface area contributed by atoms with Crippen LogP contribution in [0.2, 0.25) is 0 Å². The van der Waals surface area contributed by atoms with Gasteiger partial charge in [-0.25, -0.2) is 0 Å². The topological polar surface area (TPSA) is 78.8 Å². The average Bonchev–Trinajstić information content (AvgIpc) is 3.16. The van der Waals surface area contributed by atoms with Gasteiger partial charge in [0.1, 0.15) is 0 Å². The number of β-amino-alcohol motifs (C(OH)–C–C–N with tert-alkyl or cyclic N) is 1. The molecule has 1 aromatic rings. The molecule has 1 unspecified atom stereocenters. The lowest BCUT2D eigenvalue weighted by atomic mass is 10.1. The molecule has 1 atom stereocenters. The molecule has 2 rings (SSSR count). The zero-order valence-corrected chi connectivity index (χ0v) is 14.9. The summed E-state index contributed by atoms with van der Waals surface area (Å²) in [4.78, 5) is 11.9. The van der Waals surface area contributed by atoms with E-state index in [1.54, 1.807) is 6.07 Å². The second kappa shape index (κ2) is 7.07. The van der Waals surface area contributed by atoms with Gasteiger partial charge in [-0.15, -0.1) is 12.4 Å². The van der Waals surface area contributed by atoms with Gasteiger partial charge in [0.2, 0.25) is 0 Å². The second-order valence-electron chi connectivity index (χ2n) is 7.32. The fourth-order valence-corrected chi connectivity index (χ4v) is 1.96. The number of aromatic hydroxyl groups is 1. The number of aliphatic hydroxyl groups is 1. The minimum Gasteiger partial charge on any atom is -0.504 e. The molecule has 1 fully saturated rings. The molecule has 130 valence electrons. The zero-order valence-electron chi connectivity index (χ0n) is 14.0. The number of phenolic OH excluding ortho intramolecular Hbond substituents is 1. The largest absolute Gasteiger partial charge is 0.504 e. The molecule has 0 heterocycles. The summed E-state index contributed by atoms with van der Waals surface area (Å²) in [6.45, 7) is 8.26. The van der Waals surface area contributed by atoms with Crippen molar-refractivity contribution in [2.45, 2.75) is 52.2 Å². The lowest BCUT2D eigenvalue weighted by molar-refractivity contribution is -0.139. The van der Waals surface area contributed by atoms with Crippen molar-refractivity contribution >= 4 is 18.4 Å². The molecule has 0 aromatic heterocycles. The van der Waals surface area contributed by atoms with E-state index in [0.29, 0.717) is 12.1 Å². The molecule has 6 heteroatoms. The number of nitrogens with one attached hydrogen (secondary N) is 1. The summed E-state index contributed by atoms with van der Waals surface area (Å²) in [5.41, 5.74) is 0.0751. The number of carbonyl (C=O) groups is 1. The Kier molecular flexibility index (Phi) is 6.07. The molecule has 1 aliphatic rings. The number of benzene rings is 1. The number of phenols is 1. The minimum absolute atomic E-state index is 0. The van der Waals surface area contributed by atoms with E-state index in [4.69, 9.17) is 4.74 Å². The third-order valence-corrected chi connectivity index (χ3v) is 3.89. The van der Waals surface area contributed by atoms with Crippen LogP contribution in [-0.2, 0) is 4.79 Å². The van der Waals surface area contributed by atoms with E-state index in [9.17, 15) is 15.0 Å². The van der Waals surface area contributed by atoms with Crippen molar-refractivity contribution in [1.29, 1.82) is 0 Å². The Morgan fingerprint density at radius 2 is 2.00 bits per heavy atom.